The van der Waals surface area contributed by atoms with Crippen LogP contribution in [0, 0.1) is 5.82 Å². The van der Waals surface area contributed by atoms with Crippen LogP contribution in [0.5, 0.6) is 0 Å². The van der Waals surface area contributed by atoms with Gasteiger partial charge in [0.2, 0.25) is 0 Å². The molecule has 1 aliphatic heterocycles. The highest BCUT2D eigenvalue weighted by molar-refractivity contribution is 6.71. The van der Waals surface area contributed by atoms with Crippen LogP contribution in [0.1, 0.15) is 11.1 Å². The Kier molecular flexibility index (Phi) is 3.19. The minimum atomic E-state index is -0.958. The summed E-state index contributed by atoms with van der Waals surface area (Å²) in [5.41, 5.74) is 3.45. The van der Waals surface area contributed by atoms with Crippen molar-refractivity contribution in [2.75, 3.05) is 6.61 Å². The number of rotatable bonds is 2. The fourth-order valence-electron chi connectivity index (χ4n) is 2.30. The molecule has 0 saturated carbocycles. The van der Waals surface area contributed by atoms with E-state index in [0.29, 0.717) is 12.1 Å². The van der Waals surface area contributed by atoms with Gasteiger partial charge in [0, 0.05) is 0 Å². The molecule has 0 aromatic heterocycles. The quantitative estimate of drug-likeness (QED) is 0.835. The van der Waals surface area contributed by atoms with Crippen LogP contribution < -0.4 is 0 Å². The van der Waals surface area contributed by atoms with E-state index in [9.17, 15) is 9.41 Å². The summed E-state index contributed by atoms with van der Waals surface area (Å²) in [6.07, 6.45) is 0. The van der Waals surface area contributed by atoms with Crippen LogP contribution in [-0.4, -0.2) is 18.7 Å². The molecule has 0 bridgehead atoms. The van der Waals surface area contributed by atoms with Gasteiger partial charge in [-0.25, -0.2) is 4.39 Å². The SMILES string of the molecule is OB1OCC(c2ccccc2)=C1c1ccc(F)cc1. The Labute approximate surface area is 111 Å². The lowest BCUT2D eigenvalue weighted by molar-refractivity contribution is 0.320. The molecule has 0 amide bonds. The monoisotopic (exact) mass is 254 g/mol. The number of benzene rings is 2. The molecule has 0 atom stereocenters. The van der Waals surface area contributed by atoms with Gasteiger partial charge in [-0.15, -0.1) is 0 Å². The maximum absolute atomic E-state index is 13.0. The molecule has 0 radical (unpaired) electrons. The second-order valence-corrected chi connectivity index (χ2v) is 4.43. The summed E-state index contributed by atoms with van der Waals surface area (Å²) in [4.78, 5) is 0. The van der Waals surface area contributed by atoms with Crippen molar-refractivity contribution in [2.45, 2.75) is 0 Å². The van der Waals surface area contributed by atoms with Crippen molar-refractivity contribution in [3.8, 4) is 0 Å². The van der Waals surface area contributed by atoms with Crippen molar-refractivity contribution in [3.05, 3.63) is 71.5 Å². The van der Waals surface area contributed by atoms with Crippen molar-refractivity contribution >= 4 is 18.2 Å². The molecule has 0 aliphatic carbocycles. The molecule has 2 nitrogen and oxygen atoms in total. The second kappa shape index (κ2) is 5.00. The average Bonchev–Trinajstić information content (AvgIpc) is 2.83. The first-order chi connectivity index (χ1) is 9.25. The van der Waals surface area contributed by atoms with Gasteiger partial charge in [0.25, 0.3) is 0 Å². The molecule has 0 saturated heterocycles. The number of halogens is 1. The molecule has 1 heterocycles. The predicted octanol–water partition coefficient (Wildman–Crippen LogP) is 2.79. The molecular formula is C15H12BFO2. The summed E-state index contributed by atoms with van der Waals surface area (Å²) in [6.45, 7) is 0.359. The maximum Gasteiger partial charge on any atom is 0.492 e. The molecular weight excluding hydrogens is 242 g/mol. The smallest absolute Gasteiger partial charge is 0.423 e. The fourth-order valence-corrected chi connectivity index (χ4v) is 2.30. The van der Waals surface area contributed by atoms with Crippen LogP contribution in [0.3, 0.4) is 0 Å². The van der Waals surface area contributed by atoms with E-state index in [-0.39, 0.29) is 5.82 Å². The van der Waals surface area contributed by atoms with E-state index >= 15 is 0 Å². The predicted molar refractivity (Wildman–Crippen MR) is 73.6 cm³/mol. The molecule has 0 spiro atoms. The van der Waals surface area contributed by atoms with E-state index in [1.165, 1.54) is 12.1 Å². The highest BCUT2D eigenvalue weighted by atomic mass is 19.1. The van der Waals surface area contributed by atoms with Gasteiger partial charge < -0.3 is 9.68 Å². The van der Waals surface area contributed by atoms with Gasteiger partial charge >= 0.3 is 7.12 Å². The Morgan fingerprint density at radius 1 is 0.947 bits per heavy atom. The zero-order valence-corrected chi connectivity index (χ0v) is 10.2. The van der Waals surface area contributed by atoms with Gasteiger partial charge in [-0.05, 0) is 34.3 Å². The van der Waals surface area contributed by atoms with Crippen LogP contribution in [0.15, 0.2) is 54.6 Å². The number of hydrogen-bond acceptors (Lipinski definition) is 2. The molecule has 2 aromatic rings. The third-order valence-electron chi connectivity index (χ3n) is 3.24. The van der Waals surface area contributed by atoms with E-state index in [0.717, 1.165) is 16.7 Å². The highest BCUT2D eigenvalue weighted by Gasteiger charge is 2.31. The first kappa shape index (κ1) is 12.1. The van der Waals surface area contributed by atoms with Crippen molar-refractivity contribution in [2.24, 2.45) is 0 Å². The standard InChI is InChI=1S/C15H12BFO2/c17-13-8-6-12(7-9-13)15-14(10-19-16(15)18)11-4-2-1-3-5-11/h1-9,18H,10H2. The van der Waals surface area contributed by atoms with Crippen molar-refractivity contribution in [1.82, 2.24) is 0 Å². The van der Waals surface area contributed by atoms with Crippen LogP contribution in [0.25, 0.3) is 11.0 Å². The molecule has 19 heavy (non-hydrogen) atoms. The van der Waals surface area contributed by atoms with Crippen LogP contribution in [-0.2, 0) is 4.65 Å². The summed E-state index contributed by atoms with van der Waals surface area (Å²) >= 11 is 0. The van der Waals surface area contributed by atoms with Gasteiger partial charge in [0.05, 0.1) is 6.61 Å². The fraction of sp³-hybridized carbons (Fsp3) is 0.0667. The normalized spacial score (nSPS) is 15.2. The first-order valence-corrected chi connectivity index (χ1v) is 6.10. The molecule has 1 N–H and O–H groups in total. The van der Waals surface area contributed by atoms with Gasteiger partial charge in [0.1, 0.15) is 5.82 Å². The minimum absolute atomic E-state index is 0.293. The van der Waals surface area contributed by atoms with Gasteiger partial charge in [-0.1, -0.05) is 42.5 Å². The molecule has 94 valence electrons. The van der Waals surface area contributed by atoms with Crippen LogP contribution in [0.4, 0.5) is 4.39 Å². The summed E-state index contributed by atoms with van der Waals surface area (Å²) in [6, 6.07) is 15.8. The van der Waals surface area contributed by atoms with E-state index in [4.69, 9.17) is 4.65 Å². The topological polar surface area (TPSA) is 29.5 Å². The lowest BCUT2D eigenvalue weighted by Gasteiger charge is -2.07. The highest BCUT2D eigenvalue weighted by Crippen LogP contribution is 2.33. The van der Waals surface area contributed by atoms with E-state index < -0.39 is 7.12 Å². The largest absolute Gasteiger partial charge is 0.492 e. The molecule has 1 aliphatic rings. The molecule has 0 unspecified atom stereocenters. The Morgan fingerprint density at radius 2 is 1.63 bits per heavy atom. The van der Waals surface area contributed by atoms with Gasteiger partial charge in [-0.2, -0.15) is 0 Å². The Bertz CT molecular complexity index is 608. The zero-order chi connectivity index (χ0) is 13.2. The average molecular weight is 254 g/mol. The molecule has 2 aromatic carbocycles. The van der Waals surface area contributed by atoms with E-state index in [1.54, 1.807) is 12.1 Å². The lowest BCUT2D eigenvalue weighted by Crippen LogP contribution is -2.14. The van der Waals surface area contributed by atoms with Crippen molar-refractivity contribution in [3.63, 3.8) is 0 Å². The Balaban J connectivity index is 2.11. The van der Waals surface area contributed by atoms with Gasteiger partial charge in [0.15, 0.2) is 0 Å². The summed E-state index contributed by atoms with van der Waals surface area (Å²) < 4.78 is 18.3. The minimum Gasteiger partial charge on any atom is -0.423 e. The zero-order valence-electron chi connectivity index (χ0n) is 10.2. The Morgan fingerprint density at radius 3 is 2.32 bits per heavy atom. The first-order valence-electron chi connectivity index (χ1n) is 6.10. The summed E-state index contributed by atoms with van der Waals surface area (Å²) in [7, 11) is -0.958. The summed E-state index contributed by atoms with van der Waals surface area (Å²) in [5, 5.41) is 9.97. The van der Waals surface area contributed by atoms with Crippen molar-refractivity contribution < 1.29 is 14.1 Å². The third-order valence-corrected chi connectivity index (χ3v) is 3.24. The molecule has 3 rings (SSSR count). The molecule has 0 fully saturated rings. The van der Waals surface area contributed by atoms with E-state index in [1.807, 2.05) is 30.3 Å². The number of hydrogen-bond donors (Lipinski definition) is 1. The van der Waals surface area contributed by atoms with Crippen molar-refractivity contribution in [1.29, 1.82) is 0 Å². The van der Waals surface area contributed by atoms with E-state index in [2.05, 4.69) is 0 Å². The Hall–Kier alpha value is -1.91. The van der Waals surface area contributed by atoms with Crippen LogP contribution in [0.2, 0.25) is 0 Å². The maximum atomic E-state index is 13.0. The van der Waals surface area contributed by atoms with Gasteiger partial charge in [-0.3, -0.25) is 0 Å². The molecule has 4 heteroatoms. The van der Waals surface area contributed by atoms with Crippen LogP contribution >= 0.6 is 0 Å². The lowest BCUT2D eigenvalue weighted by atomic mass is 9.73. The summed E-state index contributed by atoms with van der Waals surface area (Å²) in [5.74, 6) is -0.293. The third kappa shape index (κ3) is 2.32. The second-order valence-electron chi connectivity index (χ2n) is 4.43.